The Labute approximate surface area is 107 Å². The smallest absolute Gasteiger partial charge is 0.141 e. The SMILES string of the molecule is Fc1ccc(C(Br)c2ccccc2)cc1Cl. The molecule has 0 N–H and O–H groups in total. The fourth-order valence-electron chi connectivity index (χ4n) is 1.48. The third-order valence-corrected chi connectivity index (χ3v) is 3.68. The molecule has 0 saturated carbocycles. The predicted molar refractivity (Wildman–Crippen MR) is 68.6 cm³/mol. The van der Waals surface area contributed by atoms with Gasteiger partial charge in [-0.15, -0.1) is 0 Å². The van der Waals surface area contributed by atoms with Crippen molar-refractivity contribution < 1.29 is 4.39 Å². The van der Waals surface area contributed by atoms with E-state index in [9.17, 15) is 4.39 Å². The van der Waals surface area contributed by atoms with Crippen LogP contribution in [0.15, 0.2) is 48.5 Å². The highest BCUT2D eigenvalue weighted by molar-refractivity contribution is 9.09. The van der Waals surface area contributed by atoms with Crippen molar-refractivity contribution in [3.05, 3.63) is 70.5 Å². The van der Waals surface area contributed by atoms with Gasteiger partial charge in [-0.25, -0.2) is 4.39 Å². The highest BCUT2D eigenvalue weighted by Gasteiger charge is 2.11. The lowest BCUT2D eigenvalue weighted by Gasteiger charge is -2.11. The van der Waals surface area contributed by atoms with Crippen molar-refractivity contribution >= 4 is 27.5 Å². The van der Waals surface area contributed by atoms with Crippen LogP contribution >= 0.6 is 27.5 Å². The molecule has 0 radical (unpaired) electrons. The van der Waals surface area contributed by atoms with Gasteiger partial charge in [0, 0.05) is 0 Å². The third-order valence-electron chi connectivity index (χ3n) is 2.33. The summed E-state index contributed by atoms with van der Waals surface area (Å²) in [5.74, 6) is -0.391. The summed E-state index contributed by atoms with van der Waals surface area (Å²) in [6.45, 7) is 0. The van der Waals surface area contributed by atoms with Crippen LogP contribution in [0.25, 0.3) is 0 Å². The van der Waals surface area contributed by atoms with E-state index in [2.05, 4.69) is 15.9 Å². The number of alkyl halides is 1. The summed E-state index contributed by atoms with van der Waals surface area (Å²) in [6, 6.07) is 14.7. The molecule has 1 atom stereocenters. The van der Waals surface area contributed by atoms with Crippen molar-refractivity contribution in [3.8, 4) is 0 Å². The fourth-order valence-corrected chi connectivity index (χ4v) is 2.26. The molecule has 0 aliphatic carbocycles. The monoisotopic (exact) mass is 298 g/mol. The van der Waals surface area contributed by atoms with Gasteiger partial charge in [0.1, 0.15) is 5.82 Å². The average molecular weight is 300 g/mol. The van der Waals surface area contributed by atoms with Gasteiger partial charge in [-0.3, -0.25) is 0 Å². The molecule has 0 saturated heterocycles. The zero-order valence-electron chi connectivity index (χ0n) is 8.33. The second-order valence-corrected chi connectivity index (χ2v) is 4.77. The molecule has 2 aromatic rings. The molecule has 16 heavy (non-hydrogen) atoms. The lowest BCUT2D eigenvalue weighted by Crippen LogP contribution is -1.93. The Balaban J connectivity index is 2.34. The first kappa shape index (κ1) is 11.6. The molecule has 0 aliphatic rings. The van der Waals surface area contributed by atoms with Crippen LogP contribution < -0.4 is 0 Å². The van der Waals surface area contributed by atoms with E-state index in [0.29, 0.717) is 0 Å². The quantitative estimate of drug-likeness (QED) is 0.687. The number of hydrogen-bond acceptors (Lipinski definition) is 0. The molecule has 3 heteroatoms. The van der Waals surface area contributed by atoms with Crippen LogP contribution in [-0.4, -0.2) is 0 Å². The molecular weight excluding hydrogens is 290 g/mol. The summed E-state index contributed by atoms with van der Waals surface area (Å²) in [7, 11) is 0. The van der Waals surface area contributed by atoms with E-state index in [0.717, 1.165) is 11.1 Å². The molecule has 82 valence electrons. The van der Waals surface area contributed by atoms with Crippen LogP contribution in [0.5, 0.6) is 0 Å². The molecule has 2 rings (SSSR count). The normalized spacial score (nSPS) is 12.4. The second kappa shape index (κ2) is 4.98. The van der Waals surface area contributed by atoms with Gasteiger partial charge in [-0.05, 0) is 23.3 Å². The first-order valence-corrected chi connectivity index (χ1v) is 6.12. The maximum absolute atomic E-state index is 13.0. The maximum Gasteiger partial charge on any atom is 0.141 e. The zero-order chi connectivity index (χ0) is 11.5. The lowest BCUT2D eigenvalue weighted by molar-refractivity contribution is 0.627. The van der Waals surface area contributed by atoms with E-state index in [-0.39, 0.29) is 9.85 Å². The van der Waals surface area contributed by atoms with Gasteiger partial charge in [-0.1, -0.05) is 63.9 Å². The highest BCUT2D eigenvalue weighted by Crippen LogP contribution is 2.32. The lowest BCUT2D eigenvalue weighted by atomic mass is 10.1. The zero-order valence-corrected chi connectivity index (χ0v) is 10.7. The van der Waals surface area contributed by atoms with Crippen LogP contribution in [0.3, 0.4) is 0 Å². The molecule has 0 spiro atoms. The minimum Gasteiger partial charge on any atom is -0.205 e. The van der Waals surface area contributed by atoms with Crippen molar-refractivity contribution in [2.45, 2.75) is 4.83 Å². The molecule has 0 heterocycles. The molecule has 0 aromatic heterocycles. The van der Waals surface area contributed by atoms with Crippen molar-refractivity contribution in [1.29, 1.82) is 0 Å². The molecule has 1 unspecified atom stereocenters. The largest absolute Gasteiger partial charge is 0.205 e. The summed E-state index contributed by atoms with van der Waals surface area (Å²) in [5.41, 5.74) is 2.06. The summed E-state index contributed by atoms with van der Waals surface area (Å²) in [6.07, 6.45) is 0. The summed E-state index contributed by atoms with van der Waals surface area (Å²) < 4.78 is 13.0. The molecule has 0 aliphatic heterocycles. The standard InChI is InChI=1S/C13H9BrClF/c14-13(9-4-2-1-3-5-9)10-6-7-12(16)11(15)8-10/h1-8,13H. The van der Waals surface area contributed by atoms with E-state index in [1.807, 2.05) is 30.3 Å². The maximum atomic E-state index is 13.0. The molecule has 0 nitrogen and oxygen atoms in total. The molecule has 0 bridgehead atoms. The van der Waals surface area contributed by atoms with E-state index >= 15 is 0 Å². The Morgan fingerprint density at radius 1 is 1.00 bits per heavy atom. The molecular formula is C13H9BrClF. The predicted octanol–water partition coefficient (Wildman–Crippen LogP) is 4.96. The van der Waals surface area contributed by atoms with Gasteiger partial charge in [-0.2, -0.15) is 0 Å². The number of benzene rings is 2. The number of hydrogen-bond donors (Lipinski definition) is 0. The van der Waals surface area contributed by atoms with E-state index in [1.165, 1.54) is 6.07 Å². The van der Waals surface area contributed by atoms with E-state index in [4.69, 9.17) is 11.6 Å². The first-order chi connectivity index (χ1) is 7.68. The minimum atomic E-state index is -0.391. The third kappa shape index (κ3) is 2.45. The Kier molecular flexibility index (Phi) is 3.62. The van der Waals surface area contributed by atoms with Crippen LogP contribution in [0.1, 0.15) is 16.0 Å². The number of rotatable bonds is 2. The van der Waals surface area contributed by atoms with Crippen LogP contribution in [-0.2, 0) is 0 Å². The molecule has 0 fully saturated rings. The van der Waals surface area contributed by atoms with Crippen molar-refractivity contribution in [2.24, 2.45) is 0 Å². The fraction of sp³-hybridized carbons (Fsp3) is 0.0769. The van der Waals surface area contributed by atoms with Gasteiger partial charge in [0.05, 0.1) is 9.85 Å². The van der Waals surface area contributed by atoms with Crippen molar-refractivity contribution in [1.82, 2.24) is 0 Å². The Bertz CT molecular complexity index is 485. The average Bonchev–Trinajstić information content (AvgIpc) is 2.33. The van der Waals surface area contributed by atoms with E-state index < -0.39 is 5.82 Å². The highest BCUT2D eigenvalue weighted by atomic mass is 79.9. The summed E-state index contributed by atoms with van der Waals surface area (Å²) in [5, 5.41) is 0.151. The van der Waals surface area contributed by atoms with Crippen LogP contribution in [0, 0.1) is 5.82 Å². The van der Waals surface area contributed by atoms with Gasteiger partial charge < -0.3 is 0 Å². The Morgan fingerprint density at radius 3 is 2.31 bits per heavy atom. The van der Waals surface area contributed by atoms with Gasteiger partial charge >= 0.3 is 0 Å². The first-order valence-electron chi connectivity index (χ1n) is 4.82. The van der Waals surface area contributed by atoms with Crippen molar-refractivity contribution in [3.63, 3.8) is 0 Å². The minimum absolute atomic E-state index is 0.0341. The van der Waals surface area contributed by atoms with Gasteiger partial charge in [0.2, 0.25) is 0 Å². The van der Waals surface area contributed by atoms with Crippen molar-refractivity contribution in [2.75, 3.05) is 0 Å². The second-order valence-electron chi connectivity index (χ2n) is 3.45. The van der Waals surface area contributed by atoms with Crippen LogP contribution in [0.4, 0.5) is 4.39 Å². The topological polar surface area (TPSA) is 0 Å². The van der Waals surface area contributed by atoms with Crippen LogP contribution in [0.2, 0.25) is 5.02 Å². The van der Waals surface area contributed by atoms with Gasteiger partial charge in [0.15, 0.2) is 0 Å². The Morgan fingerprint density at radius 2 is 1.69 bits per heavy atom. The Hall–Kier alpha value is -0.860. The molecule has 2 aromatic carbocycles. The molecule has 0 amide bonds. The summed E-state index contributed by atoms with van der Waals surface area (Å²) in [4.78, 5) is 0.0341. The summed E-state index contributed by atoms with van der Waals surface area (Å²) >= 11 is 9.32. The van der Waals surface area contributed by atoms with Gasteiger partial charge in [0.25, 0.3) is 0 Å². The number of halogens is 3. The van der Waals surface area contributed by atoms with E-state index in [1.54, 1.807) is 12.1 Å².